The van der Waals surface area contributed by atoms with Gasteiger partial charge >= 0.3 is 5.78 Å². The van der Waals surface area contributed by atoms with Crippen molar-refractivity contribution >= 4 is 33.4 Å². The van der Waals surface area contributed by atoms with E-state index in [1.807, 2.05) is 0 Å². The van der Waals surface area contributed by atoms with E-state index < -0.39 is 0 Å². The molecule has 1 heteroatoms. The molecule has 0 aliphatic heterocycles. The molecule has 0 bridgehead atoms. The van der Waals surface area contributed by atoms with E-state index in [0.717, 1.165) is 12.2 Å². The molecule has 1 aliphatic rings. The molecule has 0 radical (unpaired) electrons. The normalized spacial score (nSPS) is 15.8. The molecule has 3 aromatic rings. The molecular formula is C20H17O+. The number of carbonyl (C=O) groups excluding carboxylic acids is 1. The van der Waals surface area contributed by atoms with Crippen molar-refractivity contribution in [2.45, 2.75) is 13.3 Å². The van der Waals surface area contributed by atoms with Crippen molar-refractivity contribution in [1.29, 1.82) is 0 Å². The summed E-state index contributed by atoms with van der Waals surface area (Å²) in [5.41, 5.74) is 4.03. The molecule has 0 heterocycles. The molecule has 1 nitrogen and oxygen atoms in total. The molecule has 0 N–H and O–H groups in total. The van der Waals surface area contributed by atoms with Gasteiger partial charge in [0.2, 0.25) is 0 Å². The summed E-state index contributed by atoms with van der Waals surface area (Å²) < 4.78 is 5.40. The summed E-state index contributed by atoms with van der Waals surface area (Å²) >= 11 is 0. The highest BCUT2D eigenvalue weighted by Crippen LogP contribution is 2.34. The minimum Gasteiger partial charge on any atom is -0.262 e. The minimum absolute atomic E-state index is 0.881. The first-order valence-corrected chi connectivity index (χ1v) is 7.30. The number of allylic oxidation sites excluding steroid dienone is 1. The predicted octanol–water partition coefficient (Wildman–Crippen LogP) is 4.61. The summed E-state index contributed by atoms with van der Waals surface area (Å²) in [4.78, 5) is 0. The van der Waals surface area contributed by atoms with Crippen molar-refractivity contribution in [1.82, 2.24) is 0 Å². The lowest BCUT2D eigenvalue weighted by Gasteiger charge is -2.15. The zero-order valence-corrected chi connectivity index (χ0v) is 12.3. The van der Waals surface area contributed by atoms with Crippen molar-refractivity contribution in [2.24, 2.45) is 0 Å². The van der Waals surface area contributed by atoms with Crippen LogP contribution >= 0.6 is 0 Å². The Morgan fingerprint density at radius 1 is 0.952 bits per heavy atom. The summed E-state index contributed by atoms with van der Waals surface area (Å²) in [6.07, 6.45) is 5.16. The largest absolute Gasteiger partial charge is 0.323 e. The molecule has 0 aromatic heterocycles. The number of rotatable bonds is 0. The summed E-state index contributed by atoms with van der Waals surface area (Å²) in [5, 5.41) is 5.36. The average Bonchev–Trinajstić information content (AvgIpc) is 2.53. The van der Waals surface area contributed by atoms with Crippen LogP contribution in [-0.4, -0.2) is 12.9 Å². The van der Waals surface area contributed by atoms with E-state index in [1.165, 1.54) is 38.2 Å². The first kappa shape index (κ1) is 12.3. The Labute approximate surface area is 124 Å². The molecular weight excluding hydrogens is 256 g/mol. The highest BCUT2D eigenvalue weighted by Gasteiger charge is 2.19. The van der Waals surface area contributed by atoms with Crippen LogP contribution in [0.25, 0.3) is 27.6 Å². The number of hydrogen-bond donors (Lipinski definition) is 0. The zero-order valence-electron chi connectivity index (χ0n) is 12.3. The molecule has 4 rings (SSSR count). The van der Waals surface area contributed by atoms with Gasteiger partial charge in [-0.25, -0.2) is 0 Å². The maximum atomic E-state index is 5.40. The van der Waals surface area contributed by atoms with Crippen molar-refractivity contribution in [3.8, 4) is 0 Å². The van der Waals surface area contributed by atoms with Gasteiger partial charge in [0.1, 0.15) is 0 Å². The molecule has 21 heavy (non-hydrogen) atoms. The van der Waals surface area contributed by atoms with Crippen LogP contribution in [-0.2, 0) is 10.8 Å². The third-order valence-electron chi connectivity index (χ3n) is 4.41. The first-order chi connectivity index (χ1) is 10.3. The fraction of sp³-hybridized carbons (Fsp3) is 0.150. The highest BCUT2D eigenvalue weighted by molar-refractivity contribution is 6.13. The van der Waals surface area contributed by atoms with Gasteiger partial charge in [-0.1, -0.05) is 42.5 Å². The van der Waals surface area contributed by atoms with Gasteiger partial charge in [-0.2, -0.15) is 0 Å². The second-order valence-electron chi connectivity index (χ2n) is 5.66. The third-order valence-corrected chi connectivity index (χ3v) is 4.41. The van der Waals surface area contributed by atoms with Crippen LogP contribution in [0.15, 0.2) is 48.5 Å². The molecule has 0 atom stereocenters. The molecule has 0 unspecified atom stereocenters. The number of aryl methyl sites for hydroxylation is 1. The van der Waals surface area contributed by atoms with Gasteiger partial charge in [0.25, 0.3) is 7.11 Å². The lowest BCUT2D eigenvalue weighted by molar-refractivity contribution is -0.420. The van der Waals surface area contributed by atoms with Gasteiger partial charge < -0.3 is 0 Å². The van der Waals surface area contributed by atoms with Crippen LogP contribution in [0, 0.1) is 6.92 Å². The average molecular weight is 273 g/mol. The second-order valence-corrected chi connectivity index (χ2v) is 5.66. The van der Waals surface area contributed by atoms with Gasteiger partial charge in [0.05, 0.1) is 6.42 Å². The monoisotopic (exact) mass is 273 g/mol. The summed E-state index contributed by atoms with van der Waals surface area (Å²) in [7, 11) is 1.74. The number of ketones is 1. The Balaban J connectivity index is 2.14. The van der Waals surface area contributed by atoms with Gasteiger partial charge in [-0.15, -0.1) is 0 Å². The lowest BCUT2D eigenvalue weighted by atomic mass is 9.87. The van der Waals surface area contributed by atoms with E-state index in [9.17, 15) is 0 Å². The van der Waals surface area contributed by atoms with E-state index in [-0.39, 0.29) is 0 Å². The number of fused-ring (bicyclic) bond motifs is 5. The summed E-state index contributed by atoms with van der Waals surface area (Å²) in [5.74, 6) is 1.03. The van der Waals surface area contributed by atoms with E-state index in [4.69, 9.17) is 4.42 Å². The third kappa shape index (κ3) is 1.81. The highest BCUT2D eigenvalue weighted by atomic mass is 16.4. The summed E-state index contributed by atoms with van der Waals surface area (Å²) in [6.45, 7) is 2.21. The van der Waals surface area contributed by atoms with Crippen LogP contribution in [0.5, 0.6) is 0 Å². The van der Waals surface area contributed by atoms with Crippen LogP contribution in [0.1, 0.15) is 16.7 Å². The van der Waals surface area contributed by atoms with E-state index in [0.29, 0.717) is 0 Å². The number of hydrogen-bond acceptors (Lipinski definition) is 0. The lowest BCUT2D eigenvalue weighted by Crippen LogP contribution is -2.08. The Hall–Kier alpha value is -2.41. The van der Waals surface area contributed by atoms with Gasteiger partial charge in [-0.05, 0) is 51.2 Å². The maximum Gasteiger partial charge on any atom is 0.323 e. The molecule has 0 spiro atoms. The zero-order chi connectivity index (χ0) is 14.4. The smallest absolute Gasteiger partial charge is 0.262 e. The molecule has 1 aliphatic carbocycles. The molecule has 0 saturated heterocycles. The second kappa shape index (κ2) is 4.56. The standard InChI is InChI=1S/C20H17O/c1-13-11-15-12-16(21-2)8-10-17(15)19-9-7-14-5-3-4-6-18(14)20(13)19/h3-11H,12H2,1-2H3/q+1. The van der Waals surface area contributed by atoms with Crippen molar-refractivity contribution in [3.05, 3.63) is 65.2 Å². The summed E-state index contributed by atoms with van der Waals surface area (Å²) in [6, 6.07) is 15.4. The fourth-order valence-corrected chi connectivity index (χ4v) is 3.41. The van der Waals surface area contributed by atoms with Crippen LogP contribution < -0.4 is 0 Å². The number of benzene rings is 3. The van der Waals surface area contributed by atoms with E-state index >= 15 is 0 Å². The SMILES string of the molecule is C[O+]=C1C=Cc2c(cc(C)c3c2ccc2ccccc23)C1. The van der Waals surface area contributed by atoms with Crippen molar-refractivity contribution < 1.29 is 4.42 Å². The molecule has 102 valence electrons. The Bertz CT molecular complexity index is 929. The van der Waals surface area contributed by atoms with E-state index in [1.54, 1.807) is 7.11 Å². The van der Waals surface area contributed by atoms with Crippen LogP contribution in [0.4, 0.5) is 0 Å². The van der Waals surface area contributed by atoms with Crippen molar-refractivity contribution in [2.75, 3.05) is 7.11 Å². The maximum absolute atomic E-state index is 5.40. The topological polar surface area (TPSA) is 11.3 Å². The van der Waals surface area contributed by atoms with Gasteiger partial charge in [0, 0.05) is 6.08 Å². The van der Waals surface area contributed by atoms with E-state index in [2.05, 4.69) is 61.5 Å². The Morgan fingerprint density at radius 3 is 2.67 bits per heavy atom. The Kier molecular flexibility index (Phi) is 2.68. The molecule has 3 aromatic carbocycles. The predicted molar refractivity (Wildman–Crippen MR) is 89.9 cm³/mol. The minimum atomic E-state index is 0.881. The van der Waals surface area contributed by atoms with Gasteiger partial charge in [0.15, 0.2) is 0 Å². The van der Waals surface area contributed by atoms with Gasteiger partial charge in [-0.3, -0.25) is 4.42 Å². The molecule has 0 amide bonds. The molecule has 0 fully saturated rings. The molecule has 0 saturated carbocycles. The Morgan fingerprint density at radius 2 is 1.81 bits per heavy atom. The quantitative estimate of drug-likeness (QED) is 0.419. The van der Waals surface area contributed by atoms with Crippen LogP contribution in [0.2, 0.25) is 0 Å². The van der Waals surface area contributed by atoms with Crippen molar-refractivity contribution in [3.63, 3.8) is 0 Å². The van der Waals surface area contributed by atoms with Crippen LogP contribution in [0.3, 0.4) is 0 Å². The fourth-order valence-electron chi connectivity index (χ4n) is 3.41. The first-order valence-electron chi connectivity index (χ1n) is 7.30.